The molecule has 2 N–H and O–H groups in total. The van der Waals surface area contributed by atoms with E-state index in [2.05, 4.69) is 11.4 Å². The molecule has 1 aliphatic heterocycles. The van der Waals surface area contributed by atoms with Crippen molar-refractivity contribution in [3.05, 3.63) is 66.2 Å². The maximum absolute atomic E-state index is 12.6. The number of anilines is 2. The van der Waals surface area contributed by atoms with E-state index in [4.69, 9.17) is 0 Å². The van der Waals surface area contributed by atoms with Crippen LogP contribution in [0.15, 0.2) is 65.6 Å². The monoisotopic (exact) mass is 436 g/mol. The first-order chi connectivity index (χ1) is 15.0. The van der Waals surface area contributed by atoms with Gasteiger partial charge in [0.2, 0.25) is 11.8 Å². The average Bonchev–Trinajstić information content (AvgIpc) is 3.22. The van der Waals surface area contributed by atoms with E-state index in [1.807, 2.05) is 47.4 Å². The van der Waals surface area contributed by atoms with Gasteiger partial charge in [-0.15, -0.1) is 11.8 Å². The molecule has 0 saturated carbocycles. The molecule has 31 heavy (non-hydrogen) atoms. The SMILES string of the molecule is O=C(O)C1CC=CCC1C(=O)Nc1ccc(SCC(=O)N2CCc3ccccc32)cc1. The summed E-state index contributed by atoms with van der Waals surface area (Å²) in [5.41, 5.74) is 2.83. The quantitative estimate of drug-likeness (QED) is 0.529. The molecule has 2 unspecified atom stereocenters. The highest BCUT2D eigenvalue weighted by molar-refractivity contribution is 8.00. The first kappa shape index (κ1) is 21.2. The second-order valence-electron chi connectivity index (χ2n) is 7.72. The van der Waals surface area contributed by atoms with Gasteiger partial charge in [0.05, 0.1) is 17.6 Å². The summed E-state index contributed by atoms with van der Waals surface area (Å²) in [5, 5.41) is 12.2. The smallest absolute Gasteiger partial charge is 0.307 e. The number of nitrogens with one attached hydrogen (secondary N) is 1. The molecular formula is C24H24N2O4S. The molecule has 160 valence electrons. The number of aliphatic carboxylic acids is 1. The van der Waals surface area contributed by atoms with Crippen LogP contribution in [0, 0.1) is 11.8 Å². The summed E-state index contributed by atoms with van der Waals surface area (Å²) in [6.45, 7) is 0.720. The summed E-state index contributed by atoms with van der Waals surface area (Å²) < 4.78 is 0. The Kier molecular flexibility index (Phi) is 6.42. The van der Waals surface area contributed by atoms with Gasteiger partial charge in [0.1, 0.15) is 0 Å². The predicted octanol–water partition coefficient (Wildman–Crippen LogP) is 3.97. The number of allylic oxidation sites excluding steroid dienone is 2. The molecular weight excluding hydrogens is 412 g/mol. The Bertz CT molecular complexity index is 1020. The molecule has 2 aromatic rings. The fraction of sp³-hybridized carbons (Fsp3) is 0.292. The number of carbonyl (C=O) groups excluding carboxylic acids is 2. The summed E-state index contributed by atoms with van der Waals surface area (Å²) in [7, 11) is 0. The molecule has 0 saturated heterocycles. The lowest BCUT2D eigenvalue weighted by atomic mass is 9.82. The number of carboxylic acids is 1. The molecule has 0 fully saturated rings. The Labute approximate surface area is 185 Å². The first-order valence-corrected chi connectivity index (χ1v) is 11.3. The number of benzene rings is 2. The van der Waals surface area contributed by atoms with E-state index >= 15 is 0 Å². The summed E-state index contributed by atoms with van der Waals surface area (Å²) in [5.74, 6) is -2.06. The number of hydrogen-bond donors (Lipinski definition) is 2. The predicted molar refractivity (Wildman–Crippen MR) is 121 cm³/mol. The summed E-state index contributed by atoms with van der Waals surface area (Å²) in [6, 6.07) is 15.3. The molecule has 1 aliphatic carbocycles. The Hall–Kier alpha value is -3.06. The fourth-order valence-electron chi connectivity index (χ4n) is 4.07. The largest absolute Gasteiger partial charge is 0.481 e. The van der Waals surface area contributed by atoms with Gasteiger partial charge in [0.15, 0.2) is 0 Å². The number of carbonyl (C=O) groups is 3. The van der Waals surface area contributed by atoms with E-state index in [9.17, 15) is 19.5 Å². The zero-order chi connectivity index (χ0) is 21.8. The van der Waals surface area contributed by atoms with Crippen molar-refractivity contribution < 1.29 is 19.5 Å². The van der Waals surface area contributed by atoms with Crippen LogP contribution in [0.25, 0.3) is 0 Å². The number of amides is 2. The fourth-order valence-corrected chi connectivity index (χ4v) is 4.84. The van der Waals surface area contributed by atoms with E-state index < -0.39 is 17.8 Å². The van der Waals surface area contributed by atoms with Crippen molar-refractivity contribution in [2.45, 2.75) is 24.2 Å². The highest BCUT2D eigenvalue weighted by atomic mass is 32.2. The number of hydrogen-bond acceptors (Lipinski definition) is 4. The Balaban J connectivity index is 1.31. The van der Waals surface area contributed by atoms with Crippen LogP contribution in [0.3, 0.4) is 0 Å². The zero-order valence-electron chi connectivity index (χ0n) is 17.0. The van der Waals surface area contributed by atoms with Crippen LogP contribution in [0.2, 0.25) is 0 Å². The van der Waals surface area contributed by atoms with Gasteiger partial charge in [-0.25, -0.2) is 0 Å². The van der Waals surface area contributed by atoms with Crippen molar-refractivity contribution in [2.75, 3.05) is 22.5 Å². The highest BCUT2D eigenvalue weighted by Crippen LogP contribution is 2.30. The van der Waals surface area contributed by atoms with Gasteiger partial charge in [0.25, 0.3) is 0 Å². The van der Waals surface area contributed by atoms with Crippen molar-refractivity contribution in [2.24, 2.45) is 11.8 Å². The number of nitrogens with zero attached hydrogens (tertiary/aromatic N) is 1. The lowest BCUT2D eigenvalue weighted by molar-refractivity contribution is -0.146. The molecule has 0 aromatic heterocycles. The van der Waals surface area contributed by atoms with Gasteiger partial charge < -0.3 is 15.3 Å². The topological polar surface area (TPSA) is 86.7 Å². The number of carboxylic acid groups (broad SMARTS) is 1. The van der Waals surface area contributed by atoms with Crippen LogP contribution in [-0.4, -0.2) is 35.2 Å². The molecule has 1 heterocycles. The van der Waals surface area contributed by atoms with E-state index in [1.54, 1.807) is 12.1 Å². The van der Waals surface area contributed by atoms with Crippen molar-refractivity contribution in [1.29, 1.82) is 0 Å². The third kappa shape index (κ3) is 4.82. The molecule has 2 aliphatic rings. The van der Waals surface area contributed by atoms with Gasteiger partial charge in [0, 0.05) is 22.8 Å². The van der Waals surface area contributed by atoms with Crippen LogP contribution in [0.4, 0.5) is 11.4 Å². The van der Waals surface area contributed by atoms with Crippen molar-refractivity contribution in [3.63, 3.8) is 0 Å². The lowest BCUT2D eigenvalue weighted by Crippen LogP contribution is -2.34. The Morgan fingerprint density at radius 2 is 1.71 bits per heavy atom. The first-order valence-electron chi connectivity index (χ1n) is 10.3. The molecule has 2 atom stereocenters. The maximum Gasteiger partial charge on any atom is 0.307 e. The van der Waals surface area contributed by atoms with Gasteiger partial charge >= 0.3 is 5.97 Å². The minimum Gasteiger partial charge on any atom is -0.481 e. The van der Waals surface area contributed by atoms with Crippen LogP contribution >= 0.6 is 11.8 Å². The minimum atomic E-state index is -0.943. The average molecular weight is 437 g/mol. The molecule has 0 radical (unpaired) electrons. The van der Waals surface area contributed by atoms with E-state index in [1.165, 1.54) is 17.3 Å². The maximum atomic E-state index is 12.6. The van der Waals surface area contributed by atoms with Gasteiger partial charge in [-0.05, 0) is 55.2 Å². The van der Waals surface area contributed by atoms with Crippen molar-refractivity contribution in [1.82, 2.24) is 0 Å². The second-order valence-corrected chi connectivity index (χ2v) is 8.77. The number of rotatable bonds is 6. The number of fused-ring (bicyclic) bond motifs is 1. The Morgan fingerprint density at radius 3 is 2.45 bits per heavy atom. The van der Waals surface area contributed by atoms with Crippen molar-refractivity contribution in [3.8, 4) is 0 Å². The summed E-state index contributed by atoms with van der Waals surface area (Å²) in [4.78, 5) is 39.4. The van der Waals surface area contributed by atoms with Crippen LogP contribution in [0.1, 0.15) is 18.4 Å². The summed E-state index contributed by atoms with van der Waals surface area (Å²) in [6.07, 6.45) is 5.37. The van der Waals surface area contributed by atoms with E-state index in [-0.39, 0.29) is 11.8 Å². The minimum absolute atomic E-state index is 0.0809. The number of thioether (sulfide) groups is 1. The molecule has 6 nitrogen and oxygen atoms in total. The van der Waals surface area contributed by atoms with Crippen molar-refractivity contribution >= 4 is 40.9 Å². The highest BCUT2D eigenvalue weighted by Gasteiger charge is 2.34. The second kappa shape index (κ2) is 9.39. The van der Waals surface area contributed by atoms with Crippen LogP contribution in [0.5, 0.6) is 0 Å². The summed E-state index contributed by atoms with van der Waals surface area (Å²) >= 11 is 1.46. The van der Waals surface area contributed by atoms with Crippen LogP contribution in [-0.2, 0) is 20.8 Å². The third-order valence-electron chi connectivity index (χ3n) is 5.76. The van der Waals surface area contributed by atoms with Gasteiger partial charge in [-0.1, -0.05) is 30.4 Å². The molecule has 0 spiro atoms. The standard InChI is InChI=1S/C24H24N2O4S/c27-22(26-14-13-16-5-1-4-8-21(16)26)15-31-18-11-9-17(10-12-18)25-23(28)19-6-2-3-7-20(19)24(29)30/h1-5,8-12,19-20H,6-7,13-15H2,(H,25,28)(H,29,30). The lowest BCUT2D eigenvalue weighted by Gasteiger charge is -2.24. The molecule has 0 bridgehead atoms. The van der Waals surface area contributed by atoms with Crippen LogP contribution < -0.4 is 10.2 Å². The third-order valence-corrected chi connectivity index (χ3v) is 6.76. The van der Waals surface area contributed by atoms with Gasteiger partial charge in [-0.3, -0.25) is 14.4 Å². The molecule has 2 aromatic carbocycles. The number of para-hydroxylation sites is 1. The Morgan fingerprint density at radius 1 is 1.00 bits per heavy atom. The normalized spacial score (nSPS) is 19.7. The van der Waals surface area contributed by atoms with E-state index in [0.29, 0.717) is 24.3 Å². The van der Waals surface area contributed by atoms with E-state index in [0.717, 1.165) is 23.5 Å². The van der Waals surface area contributed by atoms with Gasteiger partial charge in [-0.2, -0.15) is 0 Å². The zero-order valence-corrected chi connectivity index (χ0v) is 17.8. The molecule has 4 rings (SSSR count). The molecule has 2 amide bonds. The molecule has 7 heteroatoms.